The molecule has 1 saturated heterocycles. The molecule has 0 aromatic heterocycles. The Hall–Kier alpha value is -2.65. The minimum absolute atomic E-state index is 0.198. The molecule has 1 aliphatic rings. The lowest BCUT2D eigenvalue weighted by atomic mass is 10.0. The molecule has 8 nitrogen and oxygen atoms in total. The van der Waals surface area contributed by atoms with Crippen molar-refractivity contribution in [1.82, 2.24) is 10.2 Å². The van der Waals surface area contributed by atoms with Gasteiger partial charge in [0.25, 0.3) is 0 Å². The Balaban J connectivity index is 1.57. The molecule has 0 bridgehead atoms. The second-order valence-electron chi connectivity index (χ2n) is 7.66. The average molecular weight is 430 g/mol. The maximum absolute atomic E-state index is 12.3. The van der Waals surface area contributed by atoms with E-state index in [9.17, 15) is 15.0 Å². The molecule has 1 heterocycles. The fourth-order valence-corrected chi connectivity index (χ4v) is 3.86. The molecule has 0 spiro atoms. The van der Waals surface area contributed by atoms with Crippen molar-refractivity contribution in [1.29, 1.82) is 0 Å². The van der Waals surface area contributed by atoms with Gasteiger partial charge in [0, 0.05) is 24.8 Å². The number of likely N-dealkylation sites (N-methyl/N-ethyl adjacent to an activating group) is 1. The van der Waals surface area contributed by atoms with Crippen LogP contribution in [-0.2, 0) is 11.2 Å². The maximum atomic E-state index is 12.3. The van der Waals surface area contributed by atoms with Gasteiger partial charge in [-0.15, -0.1) is 0 Å². The van der Waals surface area contributed by atoms with Crippen LogP contribution in [0.2, 0.25) is 0 Å². The molecule has 2 amide bonds. The maximum Gasteiger partial charge on any atom is 0.319 e. The Labute approximate surface area is 182 Å². The number of hydrogen-bond acceptors (Lipinski definition) is 6. The summed E-state index contributed by atoms with van der Waals surface area (Å²) in [5.41, 5.74) is 1.81. The number of amides is 2. The van der Waals surface area contributed by atoms with Crippen LogP contribution in [0.5, 0.6) is 5.75 Å². The van der Waals surface area contributed by atoms with Gasteiger partial charge in [-0.2, -0.15) is 0 Å². The second kappa shape index (κ2) is 11.1. The number of benzene rings is 2. The normalized spacial score (nSPS) is 23.0. The molecular weight excluding hydrogens is 398 g/mol. The van der Waals surface area contributed by atoms with Crippen molar-refractivity contribution in [2.24, 2.45) is 0 Å². The number of aliphatic hydroxyl groups excluding tert-OH is 2. The van der Waals surface area contributed by atoms with E-state index < -0.39 is 18.3 Å². The summed E-state index contributed by atoms with van der Waals surface area (Å²) in [6.07, 6.45) is -1.17. The number of hydrogen-bond donors (Lipinski definition) is 4. The Kier molecular flexibility index (Phi) is 8.25. The number of aliphatic hydroxyl groups is 2. The van der Waals surface area contributed by atoms with Crippen molar-refractivity contribution in [2.45, 2.75) is 30.8 Å². The van der Waals surface area contributed by atoms with E-state index in [0.29, 0.717) is 18.0 Å². The fourth-order valence-electron chi connectivity index (χ4n) is 3.86. The van der Waals surface area contributed by atoms with Crippen LogP contribution < -0.4 is 15.4 Å². The summed E-state index contributed by atoms with van der Waals surface area (Å²) in [7, 11) is 3.48. The lowest BCUT2D eigenvalue weighted by molar-refractivity contribution is -0.0205. The molecule has 4 N–H and O–H groups in total. The molecule has 8 heteroatoms. The highest BCUT2D eigenvalue weighted by molar-refractivity contribution is 5.89. The van der Waals surface area contributed by atoms with Crippen LogP contribution in [0.25, 0.3) is 0 Å². The highest BCUT2D eigenvalue weighted by atomic mass is 16.5. The number of anilines is 1. The zero-order chi connectivity index (χ0) is 22.2. The van der Waals surface area contributed by atoms with Gasteiger partial charge >= 0.3 is 6.03 Å². The smallest absolute Gasteiger partial charge is 0.319 e. The topological polar surface area (TPSA) is 103 Å². The molecule has 31 heavy (non-hydrogen) atoms. The minimum Gasteiger partial charge on any atom is -0.497 e. The molecule has 0 saturated carbocycles. The zero-order valence-corrected chi connectivity index (χ0v) is 17.9. The van der Waals surface area contributed by atoms with Gasteiger partial charge in [0.05, 0.1) is 25.9 Å². The van der Waals surface area contributed by atoms with Crippen molar-refractivity contribution in [2.75, 3.05) is 39.2 Å². The molecule has 168 valence electrons. The summed E-state index contributed by atoms with van der Waals surface area (Å²) in [4.78, 5) is 14.4. The van der Waals surface area contributed by atoms with Crippen molar-refractivity contribution >= 4 is 11.7 Å². The Morgan fingerprint density at radius 3 is 2.65 bits per heavy atom. The van der Waals surface area contributed by atoms with Gasteiger partial charge in [-0.1, -0.05) is 36.4 Å². The van der Waals surface area contributed by atoms with Gasteiger partial charge in [0.2, 0.25) is 0 Å². The van der Waals surface area contributed by atoms with Gasteiger partial charge in [-0.25, -0.2) is 4.79 Å². The second-order valence-corrected chi connectivity index (χ2v) is 7.66. The molecule has 0 unspecified atom stereocenters. The predicted molar refractivity (Wildman–Crippen MR) is 118 cm³/mol. The summed E-state index contributed by atoms with van der Waals surface area (Å²) in [6, 6.07) is 16.4. The van der Waals surface area contributed by atoms with Gasteiger partial charge in [-0.05, 0) is 31.2 Å². The van der Waals surface area contributed by atoms with Crippen LogP contribution in [0, 0.1) is 0 Å². The monoisotopic (exact) mass is 429 g/mol. The number of nitrogens with one attached hydrogen (secondary N) is 2. The first-order valence-electron chi connectivity index (χ1n) is 10.4. The van der Waals surface area contributed by atoms with Crippen LogP contribution >= 0.6 is 0 Å². The van der Waals surface area contributed by atoms with E-state index >= 15 is 0 Å². The van der Waals surface area contributed by atoms with Gasteiger partial charge < -0.3 is 30.3 Å². The average Bonchev–Trinajstić information content (AvgIpc) is 3.12. The van der Waals surface area contributed by atoms with E-state index in [2.05, 4.69) is 22.8 Å². The molecular formula is C23H31N3O5. The van der Waals surface area contributed by atoms with Crippen molar-refractivity contribution < 1.29 is 24.5 Å². The quantitative estimate of drug-likeness (QED) is 0.482. The van der Waals surface area contributed by atoms with Crippen LogP contribution in [0.4, 0.5) is 10.5 Å². The number of nitrogens with zero attached hydrogens (tertiary/aromatic N) is 1. The number of ether oxygens (including phenoxy) is 2. The van der Waals surface area contributed by atoms with Crippen molar-refractivity contribution in [3.05, 3.63) is 60.2 Å². The summed E-state index contributed by atoms with van der Waals surface area (Å²) in [5, 5.41) is 25.8. The largest absolute Gasteiger partial charge is 0.497 e. The SMILES string of the molecule is COc1cccc(NC(=O)NC[C@H]2O[C@@H](CO)[C@@H](O)[C@@H]2N(C)CCc2ccccc2)c1. The molecule has 1 fully saturated rings. The lowest BCUT2D eigenvalue weighted by Gasteiger charge is -2.30. The first kappa shape index (κ1) is 23.0. The minimum atomic E-state index is -0.848. The number of carbonyl (C=O) groups is 1. The van der Waals surface area contributed by atoms with Gasteiger partial charge in [-0.3, -0.25) is 4.90 Å². The molecule has 0 aliphatic carbocycles. The Morgan fingerprint density at radius 1 is 1.16 bits per heavy atom. The number of methoxy groups -OCH3 is 1. The van der Waals surface area contributed by atoms with E-state index in [1.165, 1.54) is 5.56 Å². The zero-order valence-electron chi connectivity index (χ0n) is 17.9. The highest BCUT2D eigenvalue weighted by Gasteiger charge is 2.45. The van der Waals surface area contributed by atoms with E-state index in [4.69, 9.17) is 9.47 Å². The summed E-state index contributed by atoms with van der Waals surface area (Å²) in [6.45, 7) is 0.625. The van der Waals surface area contributed by atoms with Gasteiger partial charge in [0.15, 0.2) is 0 Å². The third-order valence-electron chi connectivity index (χ3n) is 5.54. The Bertz CT molecular complexity index is 835. The molecule has 1 aliphatic heterocycles. The van der Waals surface area contributed by atoms with Gasteiger partial charge in [0.1, 0.15) is 18.0 Å². The summed E-state index contributed by atoms with van der Waals surface area (Å²) < 4.78 is 11.0. The molecule has 0 radical (unpaired) electrons. The predicted octanol–water partition coefficient (Wildman–Crippen LogP) is 1.48. The first-order chi connectivity index (χ1) is 15.0. The third-order valence-corrected chi connectivity index (χ3v) is 5.54. The first-order valence-corrected chi connectivity index (χ1v) is 10.4. The Morgan fingerprint density at radius 2 is 1.94 bits per heavy atom. The molecule has 2 aromatic rings. The van der Waals surface area contributed by atoms with E-state index in [1.54, 1.807) is 31.4 Å². The van der Waals surface area contributed by atoms with Crippen LogP contribution in [-0.4, -0.2) is 79.4 Å². The van der Waals surface area contributed by atoms with Crippen LogP contribution in [0.15, 0.2) is 54.6 Å². The number of urea groups is 1. The highest BCUT2D eigenvalue weighted by Crippen LogP contribution is 2.25. The third kappa shape index (κ3) is 6.18. The van der Waals surface area contributed by atoms with E-state index in [0.717, 1.165) is 6.42 Å². The summed E-state index contributed by atoms with van der Waals surface area (Å²) in [5.74, 6) is 0.644. The summed E-state index contributed by atoms with van der Waals surface area (Å²) >= 11 is 0. The van der Waals surface area contributed by atoms with E-state index in [-0.39, 0.29) is 25.2 Å². The van der Waals surface area contributed by atoms with E-state index in [1.807, 2.05) is 30.1 Å². The number of carbonyl (C=O) groups excluding carboxylic acids is 1. The fraction of sp³-hybridized carbons (Fsp3) is 0.435. The van der Waals surface area contributed by atoms with Crippen molar-refractivity contribution in [3.8, 4) is 5.75 Å². The standard InChI is InChI=1S/C23H31N3O5/c1-26(12-11-16-7-4-3-5-8-16)21-19(31-20(15-27)22(21)28)14-24-23(29)25-17-9-6-10-18(13-17)30-2/h3-10,13,19-22,27-28H,11-12,14-15H2,1-2H3,(H2,24,25,29)/t19-,20+,21-,22-/m1/s1. The van der Waals surface area contributed by atoms with Crippen LogP contribution in [0.1, 0.15) is 5.56 Å². The van der Waals surface area contributed by atoms with Crippen LogP contribution in [0.3, 0.4) is 0 Å². The van der Waals surface area contributed by atoms with Crippen molar-refractivity contribution in [3.63, 3.8) is 0 Å². The molecule has 4 atom stereocenters. The molecule has 3 rings (SSSR count). The lowest BCUT2D eigenvalue weighted by Crippen LogP contribution is -2.50. The number of rotatable bonds is 9. The molecule has 2 aromatic carbocycles.